The van der Waals surface area contributed by atoms with E-state index in [1.54, 1.807) is 7.11 Å². The molecule has 1 aliphatic rings. The number of amides is 1. The van der Waals surface area contributed by atoms with E-state index in [9.17, 15) is 4.79 Å². The Morgan fingerprint density at radius 2 is 1.55 bits per heavy atom. The molecule has 0 aromatic heterocycles. The lowest BCUT2D eigenvalue weighted by atomic mass is 10.0. The maximum atomic E-state index is 13.2. The van der Waals surface area contributed by atoms with Crippen molar-refractivity contribution in [1.29, 1.82) is 0 Å². The number of carbonyl (C=O) groups is 1. The minimum atomic E-state index is -0.132. The van der Waals surface area contributed by atoms with Crippen molar-refractivity contribution in [2.24, 2.45) is 0 Å². The van der Waals surface area contributed by atoms with Crippen LogP contribution < -0.4 is 15.0 Å². The van der Waals surface area contributed by atoms with Gasteiger partial charge in [0.1, 0.15) is 5.75 Å². The molecule has 31 heavy (non-hydrogen) atoms. The van der Waals surface area contributed by atoms with Crippen molar-refractivity contribution in [3.05, 3.63) is 90.0 Å². The third-order valence-corrected chi connectivity index (χ3v) is 5.60. The standard InChI is InChI=1S/C27H28N2O2/c1-31-25-16-10-21(11-17-25)20-26(22-8-4-2-5-9-22)27(30)28-23-12-14-24(15-13-23)29-18-6-3-7-19-29/h2,4-5,8-17,20H,3,6-7,18-19H2,1H3,(H,28,30)/b26-20+. The Balaban J connectivity index is 1.55. The minimum absolute atomic E-state index is 0.132. The predicted molar refractivity (Wildman–Crippen MR) is 128 cm³/mol. The molecule has 3 aromatic rings. The van der Waals surface area contributed by atoms with E-state index in [-0.39, 0.29) is 5.91 Å². The summed E-state index contributed by atoms with van der Waals surface area (Å²) < 4.78 is 5.24. The van der Waals surface area contributed by atoms with Gasteiger partial charge in [0.25, 0.3) is 5.91 Å². The lowest BCUT2D eigenvalue weighted by Crippen LogP contribution is -2.29. The van der Waals surface area contributed by atoms with E-state index in [0.717, 1.165) is 35.7 Å². The van der Waals surface area contributed by atoms with Crippen molar-refractivity contribution in [1.82, 2.24) is 0 Å². The molecule has 4 nitrogen and oxygen atoms in total. The van der Waals surface area contributed by atoms with Crippen LogP contribution in [0.5, 0.6) is 5.75 Å². The van der Waals surface area contributed by atoms with Gasteiger partial charge in [-0.3, -0.25) is 4.79 Å². The molecule has 4 rings (SSSR count). The Labute approximate surface area is 184 Å². The summed E-state index contributed by atoms with van der Waals surface area (Å²) >= 11 is 0. The molecule has 0 saturated carbocycles. The Morgan fingerprint density at radius 1 is 0.871 bits per heavy atom. The third kappa shape index (κ3) is 5.34. The molecule has 0 unspecified atom stereocenters. The molecule has 158 valence electrons. The zero-order valence-electron chi connectivity index (χ0n) is 17.9. The number of hydrogen-bond donors (Lipinski definition) is 1. The van der Waals surface area contributed by atoms with E-state index >= 15 is 0 Å². The Kier molecular flexibility index (Phi) is 6.68. The Bertz CT molecular complexity index is 1020. The molecule has 1 fully saturated rings. The first-order valence-corrected chi connectivity index (χ1v) is 10.8. The Morgan fingerprint density at radius 3 is 2.19 bits per heavy atom. The fourth-order valence-corrected chi connectivity index (χ4v) is 3.87. The van der Waals surface area contributed by atoms with Crippen LogP contribution in [0.25, 0.3) is 11.6 Å². The number of nitrogens with one attached hydrogen (secondary N) is 1. The lowest BCUT2D eigenvalue weighted by molar-refractivity contribution is -0.111. The summed E-state index contributed by atoms with van der Waals surface area (Å²) in [4.78, 5) is 15.6. The Hall–Kier alpha value is -3.53. The molecule has 0 bridgehead atoms. The van der Waals surface area contributed by atoms with Crippen LogP contribution in [0.4, 0.5) is 11.4 Å². The van der Waals surface area contributed by atoms with Crippen LogP contribution in [0.3, 0.4) is 0 Å². The van der Waals surface area contributed by atoms with Gasteiger partial charge in [-0.05, 0) is 72.9 Å². The van der Waals surface area contributed by atoms with Crippen LogP contribution >= 0.6 is 0 Å². The molecule has 0 aliphatic carbocycles. The van der Waals surface area contributed by atoms with Crippen molar-refractivity contribution >= 4 is 28.9 Å². The summed E-state index contributed by atoms with van der Waals surface area (Å²) in [5, 5.41) is 3.06. The van der Waals surface area contributed by atoms with E-state index in [0.29, 0.717) is 5.57 Å². The maximum absolute atomic E-state index is 13.2. The van der Waals surface area contributed by atoms with E-state index in [2.05, 4.69) is 22.3 Å². The van der Waals surface area contributed by atoms with Gasteiger partial charge in [0.15, 0.2) is 0 Å². The topological polar surface area (TPSA) is 41.6 Å². The first-order chi connectivity index (χ1) is 15.2. The van der Waals surface area contributed by atoms with E-state index in [4.69, 9.17) is 4.74 Å². The molecule has 0 atom stereocenters. The fraction of sp³-hybridized carbons (Fsp3) is 0.222. The van der Waals surface area contributed by atoms with Gasteiger partial charge >= 0.3 is 0 Å². The van der Waals surface area contributed by atoms with Gasteiger partial charge in [0, 0.05) is 30.0 Å². The first-order valence-electron chi connectivity index (χ1n) is 10.8. The van der Waals surface area contributed by atoms with Crippen molar-refractivity contribution in [3.63, 3.8) is 0 Å². The van der Waals surface area contributed by atoms with Crippen LogP contribution in [0.2, 0.25) is 0 Å². The molecule has 1 N–H and O–H groups in total. The normalized spacial score (nSPS) is 14.2. The number of ether oxygens (including phenoxy) is 1. The van der Waals surface area contributed by atoms with Gasteiger partial charge < -0.3 is 15.0 Å². The van der Waals surface area contributed by atoms with Crippen LogP contribution in [0.15, 0.2) is 78.9 Å². The summed E-state index contributed by atoms with van der Waals surface area (Å²) in [5.74, 6) is 0.657. The maximum Gasteiger partial charge on any atom is 0.256 e. The molecular weight excluding hydrogens is 384 g/mol. The predicted octanol–water partition coefficient (Wildman–Crippen LogP) is 5.86. The summed E-state index contributed by atoms with van der Waals surface area (Å²) in [6.07, 6.45) is 5.71. The monoisotopic (exact) mass is 412 g/mol. The second-order valence-corrected chi connectivity index (χ2v) is 7.75. The average molecular weight is 413 g/mol. The zero-order chi connectivity index (χ0) is 21.5. The molecule has 3 aromatic carbocycles. The number of benzene rings is 3. The number of rotatable bonds is 6. The van der Waals surface area contributed by atoms with Gasteiger partial charge in [-0.1, -0.05) is 42.5 Å². The summed E-state index contributed by atoms with van der Waals surface area (Å²) in [7, 11) is 1.64. The van der Waals surface area contributed by atoms with Crippen LogP contribution in [-0.4, -0.2) is 26.1 Å². The second kappa shape index (κ2) is 9.98. The molecule has 1 aliphatic heterocycles. The molecule has 0 radical (unpaired) electrons. The highest BCUT2D eigenvalue weighted by molar-refractivity contribution is 6.29. The SMILES string of the molecule is COc1ccc(/C=C(/C(=O)Nc2ccc(N3CCCCC3)cc2)c2ccccc2)cc1. The third-order valence-electron chi connectivity index (χ3n) is 5.60. The van der Waals surface area contributed by atoms with E-state index in [1.165, 1.54) is 24.9 Å². The number of anilines is 2. The molecule has 1 amide bonds. The quantitative estimate of drug-likeness (QED) is 0.407. The highest BCUT2D eigenvalue weighted by Gasteiger charge is 2.14. The van der Waals surface area contributed by atoms with Crippen LogP contribution in [0, 0.1) is 0 Å². The molecule has 1 saturated heterocycles. The highest BCUT2D eigenvalue weighted by Crippen LogP contribution is 2.24. The van der Waals surface area contributed by atoms with Gasteiger partial charge in [0.2, 0.25) is 0 Å². The molecule has 1 heterocycles. The second-order valence-electron chi connectivity index (χ2n) is 7.75. The van der Waals surface area contributed by atoms with Crippen molar-refractivity contribution in [3.8, 4) is 5.75 Å². The zero-order valence-corrected chi connectivity index (χ0v) is 17.9. The largest absolute Gasteiger partial charge is 0.497 e. The molecule has 0 spiro atoms. The number of nitrogens with zero attached hydrogens (tertiary/aromatic N) is 1. The van der Waals surface area contributed by atoms with Crippen molar-refractivity contribution in [2.75, 3.05) is 30.4 Å². The van der Waals surface area contributed by atoms with Crippen LogP contribution in [-0.2, 0) is 4.79 Å². The number of carbonyl (C=O) groups excluding carboxylic acids is 1. The van der Waals surface area contributed by atoms with Crippen molar-refractivity contribution < 1.29 is 9.53 Å². The van der Waals surface area contributed by atoms with Gasteiger partial charge in [-0.2, -0.15) is 0 Å². The van der Waals surface area contributed by atoms with Gasteiger partial charge in [-0.25, -0.2) is 0 Å². The van der Waals surface area contributed by atoms with Crippen LogP contribution in [0.1, 0.15) is 30.4 Å². The average Bonchev–Trinajstić information content (AvgIpc) is 2.84. The number of methoxy groups -OCH3 is 1. The molecular formula is C27H28N2O2. The van der Waals surface area contributed by atoms with Crippen molar-refractivity contribution in [2.45, 2.75) is 19.3 Å². The summed E-state index contributed by atoms with van der Waals surface area (Å²) in [6.45, 7) is 2.21. The summed E-state index contributed by atoms with van der Waals surface area (Å²) in [6, 6.07) is 25.6. The van der Waals surface area contributed by atoms with E-state index in [1.807, 2.05) is 72.8 Å². The molecule has 4 heteroatoms. The van der Waals surface area contributed by atoms with Gasteiger partial charge in [0.05, 0.1) is 7.11 Å². The number of piperidine rings is 1. The number of hydrogen-bond acceptors (Lipinski definition) is 3. The van der Waals surface area contributed by atoms with Gasteiger partial charge in [-0.15, -0.1) is 0 Å². The minimum Gasteiger partial charge on any atom is -0.497 e. The smallest absolute Gasteiger partial charge is 0.256 e. The highest BCUT2D eigenvalue weighted by atomic mass is 16.5. The first kappa shape index (κ1) is 20.7. The fourth-order valence-electron chi connectivity index (χ4n) is 3.87. The summed E-state index contributed by atoms with van der Waals surface area (Å²) in [5.41, 5.74) is 4.44. The van der Waals surface area contributed by atoms with E-state index < -0.39 is 0 Å². The lowest BCUT2D eigenvalue weighted by Gasteiger charge is -2.28.